The number of hydrogen-bond acceptors (Lipinski definition) is 2. The van der Waals surface area contributed by atoms with Crippen LogP contribution in [0.25, 0.3) is 0 Å². The molecule has 0 aliphatic carbocycles. The van der Waals surface area contributed by atoms with Crippen LogP contribution in [0.3, 0.4) is 0 Å². The quantitative estimate of drug-likeness (QED) is 0.844. The second-order valence-electron chi connectivity index (χ2n) is 4.53. The van der Waals surface area contributed by atoms with Crippen molar-refractivity contribution < 1.29 is 0 Å². The summed E-state index contributed by atoms with van der Waals surface area (Å²) in [7, 11) is 0. The average molecular weight is 251 g/mol. The third kappa shape index (κ3) is 3.47. The summed E-state index contributed by atoms with van der Waals surface area (Å²) < 4.78 is 0. The van der Waals surface area contributed by atoms with Crippen molar-refractivity contribution in [2.75, 3.05) is 6.54 Å². The monoisotopic (exact) mass is 250 g/mol. The van der Waals surface area contributed by atoms with Crippen molar-refractivity contribution in [1.82, 2.24) is 5.32 Å². The van der Waals surface area contributed by atoms with Gasteiger partial charge in [0, 0.05) is 18.0 Å². The van der Waals surface area contributed by atoms with Crippen LogP contribution in [0.15, 0.2) is 29.3 Å². The van der Waals surface area contributed by atoms with Crippen LogP contribution in [0.2, 0.25) is 5.02 Å². The van der Waals surface area contributed by atoms with Gasteiger partial charge in [0.1, 0.15) is 0 Å². The molecule has 0 saturated carbocycles. The fraction of sp³-hybridized carbons (Fsp3) is 0.500. The number of hydrogen-bond donors (Lipinski definition) is 1. The second kappa shape index (κ2) is 6.06. The van der Waals surface area contributed by atoms with Crippen LogP contribution >= 0.6 is 11.6 Å². The van der Waals surface area contributed by atoms with E-state index in [1.54, 1.807) is 0 Å². The van der Waals surface area contributed by atoms with Crippen molar-refractivity contribution >= 4 is 17.4 Å². The fourth-order valence-corrected chi connectivity index (χ4v) is 2.45. The Morgan fingerprint density at radius 1 is 1.24 bits per heavy atom. The van der Waals surface area contributed by atoms with Gasteiger partial charge in [0.2, 0.25) is 0 Å². The van der Waals surface area contributed by atoms with E-state index < -0.39 is 0 Å². The highest BCUT2D eigenvalue weighted by atomic mass is 35.5. The Kier molecular flexibility index (Phi) is 4.43. The molecule has 1 aliphatic rings. The minimum atomic E-state index is 0.223. The molecular weight excluding hydrogens is 232 g/mol. The fourth-order valence-electron chi connectivity index (χ4n) is 2.15. The van der Waals surface area contributed by atoms with E-state index >= 15 is 0 Å². The largest absolute Gasteiger partial charge is 0.367 e. The van der Waals surface area contributed by atoms with Gasteiger partial charge in [-0.05, 0) is 31.4 Å². The van der Waals surface area contributed by atoms with E-state index in [4.69, 9.17) is 11.6 Å². The van der Waals surface area contributed by atoms with Crippen molar-refractivity contribution in [3.8, 4) is 0 Å². The molecular formula is C14H19ClN2. The Morgan fingerprint density at radius 2 is 2.06 bits per heavy atom. The zero-order valence-corrected chi connectivity index (χ0v) is 11.0. The summed E-state index contributed by atoms with van der Waals surface area (Å²) in [6.07, 6.45) is 4.80. The maximum atomic E-state index is 6.19. The smallest absolute Gasteiger partial charge is 0.0967 e. The van der Waals surface area contributed by atoms with Gasteiger partial charge in [-0.1, -0.05) is 36.2 Å². The van der Waals surface area contributed by atoms with Crippen molar-refractivity contribution in [2.24, 2.45) is 4.99 Å². The molecule has 1 atom stereocenters. The molecule has 0 saturated heterocycles. The Balaban J connectivity index is 2.03. The lowest BCUT2D eigenvalue weighted by molar-refractivity contribution is 0.693. The Morgan fingerprint density at radius 3 is 2.88 bits per heavy atom. The van der Waals surface area contributed by atoms with Crippen LogP contribution in [0.5, 0.6) is 0 Å². The highest BCUT2D eigenvalue weighted by Gasteiger charge is 2.11. The molecule has 0 aromatic heterocycles. The van der Waals surface area contributed by atoms with Gasteiger partial charge in [-0.25, -0.2) is 0 Å². The number of amidine groups is 1. The molecule has 1 N–H and O–H groups in total. The first-order valence-electron chi connectivity index (χ1n) is 6.31. The molecule has 1 aliphatic heterocycles. The minimum Gasteiger partial charge on any atom is -0.367 e. The summed E-state index contributed by atoms with van der Waals surface area (Å²) in [4.78, 5) is 4.58. The minimum absolute atomic E-state index is 0.223. The lowest BCUT2D eigenvalue weighted by Gasteiger charge is -2.18. The molecule has 1 aromatic rings. The zero-order chi connectivity index (χ0) is 12.1. The molecule has 0 spiro atoms. The summed E-state index contributed by atoms with van der Waals surface area (Å²) in [5.74, 6) is 1.13. The third-order valence-electron chi connectivity index (χ3n) is 3.13. The lowest BCUT2D eigenvalue weighted by atomic mass is 10.1. The molecule has 92 valence electrons. The number of benzene rings is 1. The van der Waals surface area contributed by atoms with Crippen molar-refractivity contribution in [1.29, 1.82) is 0 Å². The zero-order valence-electron chi connectivity index (χ0n) is 10.2. The second-order valence-corrected chi connectivity index (χ2v) is 4.93. The van der Waals surface area contributed by atoms with Crippen LogP contribution in [-0.2, 0) is 0 Å². The average Bonchev–Trinajstić information content (AvgIpc) is 2.58. The summed E-state index contributed by atoms with van der Waals surface area (Å²) >= 11 is 6.19. The molecule has 0 unspecified atom stereocenters. The van der Waals surface area contributed by atoms with Crippen LogP contribution in [0.4, 0.5) is 0 Å². The maximum absolute atomic E-state index is 6.19. The molecule has 1 heterocycles. The van der Waals surface area contributed by atoms with Gasteiger partial charge >= 0.3 is 0 Å². The van der Waals surface area contributed by atoms with E-state index in [9.17, 15) is 0 Å². The van der Waals surface area contributed by atoms with Crippen LogP contribution in [0.1, 0.15) is 44.2 Å². The number of halogens is 1. The van der Waals surface area contributed by atoms with E-state index in [2.05, 4.69) is 23.3 Å². The molecule has 0 amide bonds. The molecule has 2 nitrogen and oxygen atoms in total. The van der Waals surface area contributed by atoms with Gasteiger partial charge in [0.15, 0.2) is 0 Å². The summed E-state index contributed by atoms with van der Waals surface area (Å²) in [5.41, 5.74) is 1.14. The predicted octanol–water partition coefficient (Wildman–Crippen LogP) is 3.96. The molecule has 0 radical (unpaired) electrons. The molecule has 0 bridgehead atoms. The van der Waals surface area contributed by atoms with E-state index in [0.717, 1.165) is 29.4 Å². The van der Waals surface area contributed by atoms with Crippen molar-refractivity contribution in [3.63, 3.8) is 0 Å². The Hall–Kier alpha value is -1.02. The first-order chi connectivity index (χ1) is 8.27. The topological polar surface area (TPSA) is 24.4 Å². The first kappa shape index (κ1) is 12.4. The van der Waals surface area contributed by atoms with Crippen LogP contribution in [0, 0.1) is 0 Å². The van der Waals surface area contributed by atoms with E-state index in [-0.39, 0.29) is 6.04 Å². The molecule has 3 heteroatoms. The van der Waals surface area contributed by atoms with Crippen molar-refractivity contribution in [3.05, 3.63) is 34.9 Å². The maximum Gasteiger partial charge on any atom is 0.0967 e. The summed E-state index contributed by atoms with van der Waals surface area (Å²) in [6.45, 7) is 3.09. The number of aliphatic imine (C=N–C) groups is 1. The predicted molar refractivity (Wildman–Crippen MR) is 73.8 cm³/mol. The SMILES string of the molecule is C[C@@H](NC1=NCCCCC1)c1ccccc1Cl. The molecule has 1 aromatic carbocycles. The van der Waals surface area contributed by atoms with E-state index in [1.165, 1.54) is 19.3 Å². The van der Waals surface area contributed by atoms with Gasteiger partial charge in [-0.3, -0.25) is 4.99 Å². The Labute approximate surface area is 108 Å². The standard InChI is InChI=1S/C14H19ClN2/c1-11(12-7-4-5-8-13(12)15)17-14-9-3-2-6-10-16-14/h4-5,7-8,11H,2-3,6,9-10H2,1H3,(H,16,17)/t11-/m1/s1. The third-order valence-corrected chi connectivity index (χ3v) is 3.47. The molecule has 17 heavy (non-hydrogen) atoms. The van der Waals surface area contributed by atoms with E-state index in [1.807, 2.05) is 18.2 Å². The van der Waals surface area contributed by atoms with Crippen LogP contribution in [-0.4, -0.2) is 12.4 Å². The molecule has 0 fully saturated rings. The Bertz CT molecular complexity index is 401. The summed E-state index contributed by atoms with van der Waals surface area (Å²) in [5, 5.41) is 4.30. The van der Waals surface area contributed by atoms with Gasteiger partial charge in [-0.2, -0.15) is 0 Å². The van der Waals surface area contributed by atoms with Gasteiger partial charge in [0.05, 0.1) is 11.9 Å². The van der Waals surface area contributed by atoms with Crippen LogP contribution < -0.4 is 5.32 Å². The highest BCUT2D eigenvalue weighted by molar-refractivity contribution is 6.31. The molecule has 2 rings (SSSR count). The number of rotatable bonds is 2. The first-order valence-corrected chi connectivity index (χ1v) is 6.69. The van der Waals surface area contributed by atoms with E-state index in [0.29, 0.717) is 0 Å². The van der Waals surface area contributed by atoms with Gasteiger partial charge in [0.25, 0.3) is 0 Å². The van der Waals surface area contributed by atoms with Gasteiger partial charge < -0.3 is 5.32 Å². The normalized spacial score (nSPS) is 18.1. The van der Waals surface area contributed by atoms with Gasteiger partial charge in [-0.15, -0.1) is 0 Å². The van der Waals surface area contributed by atoms with Crippen molar-refractivity contribution in [2.45, 2.75) is 38.6 Å². The number of nitrogens with one attached hydrogen (secondary N) is 1. The lowest BCUT2D eigenvalue weighted by Crippen LogP contribution is -2.26. The highest BCUT2D eigenvalue weighted by Crippen LogP contribution is 2.22. The number of nitrogens with zero attached hydrogens (tertiary/aromatic N) is 1. The summed E-state index contributed by atoms with van der Waals surface area (Å²) in [6, 6.07) is 8.21.